The van der Waals surface area contributed by atoms with Gasteiger partial charge in [0, 0.05) is 23.2 Å². The SMILES string of the molecule is CCOC(=O)c1c(-c2ccc(CC)cc2)csc1NC(=O)CSCCN. The lowest BCUT2D eigenvalue weighted by Gasteiger charge is -2.09. The third-order valence-corrected chi connectivity index (χ3v) is 5.58. The maximum Gasteiger partial charge on any atom is 0.341 e. The lowest BCUT2D eigenvalue weighted by molar-refractivity contribution is -0.113. The van der Waals surface area contributed by atoms with Crippen molar-refractivity contribution in [3.63, 3.8) is 0 Å². The van der Waals surface area contributed by atoms with Crippen LogP contribution in [0.3, 0.4) is 0 Å². The van der Waals surface area contributed by atoms with Gasteiger partial charge in [-0.2, -0.15) is 11.8 Å². The molecular weight excluding hydrogens is 368 g/mol. The number of benzene rings is 1. The highest BCUT2D eigenvalue weighted by molar-refractivity contribution is 7.99. The molecule has 1 aromatic carbocycles. The summed E-state index contributed by atoms with van der Waals surface area (Å²) in [5.74, 6) is 0.451. The van der Waals surface area contributed by atoms with Crippen molar-refractivity contribution in [2.45, 2.75) is 20.3 Å². The summed E-state index contributed by atoms with van der Waals surface area (Å²) >= 11 is 2.80. The van der Waals surface area contributed by atoms with E-state index >= 15 is 0 Å². The molecule has 0 fully saturated rings. The molecule has 0 saturated heterocycles. The fourth-order valence-electron chi connectivity index (χ4n) is 2.40. The fourth-order valence-corrected chi connectivity index (χ4v) is 3.94. The van der Waals surface area contributed by atoms with Crippen LogP contribution in [0.15, 0.2) is 29.6 Å². The summed E-state index contributed by atoms with van der Waals surface area (Å²) in [6.07, 6.45) is 0.955. The fraction of sp³-hybridized carbons (Fsp3) is 0.368. The van der Waals surface area contributed by atoms with Crippen LogP contribution in [0.2, 0.25) is 0 Å². The van der Waals surface area contributed by atoms with E-state index in [1.54, 1.807) is 6.92 Å². The van der Waals surface area contributed by atoms with Gasteiger partial charge in [-0.3, -0.25) is 4.79 Å². The van der Waals surface area contributed by atoms with Crippen LogP contribution in [0.25, 0.3) is 11.1 Å². The number of hydrogen-bond donors (Lipinski definition) is 2. The minimum absolute atomic E-state index is 0.149. The molecule has 0 aliphatic rings. The van der Waals surface area contributed by atoms with E-state index in [-0.39, 0.29) is 12.5 Å². The van der Waals surface area contributed by atoms with Crippen LogP contribution >= 0.6 is 23.1 Å². The second-order valence-electron chi connectivity index (χ2n) is 5.51. The molecule has 0 saturated carbocycles. The zero-order chi connectivity index (χ0) is 18.9. The number of amides is 1. The summed E-state index contributed by atoms with van der Waals surface area (Å²) in [7, 11) is 0. The molecule has 2 rings (SSSR count). The van der Waals surface area contributed by atoms with Gasteiger partial charge in [0.25, 0.3) is 0 Å². The maximum absolute atomic E-state index is 12.5. The Kier molecular flexibility index (Phi) is 8.15. The zero-order valence-corrected chi connectivity index (χ0v) is 16.7. The highest BCUT2D eigenvalue weighted by Crippen LogP contribution is 2.36. The van der Waals surface area contributed by atoms with E-state index in [1.165, 1.54) is 28.7 Å². The number of carbonyl (C=O) groups excluding carboxylic acids is 2. The monoisotopic (exact) mass is 392 g/mol. The van der Waals surface area contributed by atoms with Crippen molar-refractivity contribution >= 4 is 40.0 Å². The normalized spacial score (nSPS) is 10.6. The van der Waals surface area contributed by atoms with E-state index in [9.17, 15) is 9.59 Å². The Labute approximate surface area is 162 Å². The van der Waals surface area contributed by atoms with Gasteiger partial charge < -0.3 is 15.8 Å². The number of hydrogen-bond acceptors (Lipinski definition) is 6. The average molecular weight is 393 g/mol. The first-order valence-electron chi connectivity index (χ1n) is 8.56. The van der Waals surface area contributed by atoms with Crippen LogP contribution in [0, 0.1) is 0 Å². The van der Waals surface area contributed by atoms with Crippen molar-refractivity contribution < 1.29 is 14.3 Å². The highest BCUT2D eigenvalue weighted by atomic mass is 32.2. The summed E-state index contributed by atoms with van der Waals surface area (Å²) in [5.41, 5.74) is 8.79. The number of nitrogens with one attached hydrogen (secondary N) is 1. The third-order valence-electron chi connectivity index (χ3n) is 3.69. The zero-order valence-electron chi connectivity index (χ0n) is 15.0. The molecule has 0 atom stereocenters. The maximum atomic E-state index is 12.5. The Balaban J connectivity index is 2.29. The van der Waals surface area contributed by atoms with E-state index in [1.807, 2.05) is 29.6 Å². The molecular formula is C19H24N2O3S2. The third kappa shape index (κ3) is 5.33. The lowest BCUT2D eigenvalue weighted by atomic mass is 10.0. The Bertz CT molecular complexity index is 742. The summed E-state index contributed by atoms with van der Waals surface area (Å²) in [5, 5.41) is 5.25. The molecule has 2 aromatic rings. The number of esters is 1. The number of thiophene rings is 1. The first kappa shape index (κ1) is 20.5. The number of anilines is 1. The molecule has 0 spiro atoms. The molecule has 1 heterocycles. The van der Waals surface area contributed by atoms with E-state index in [2.05, 4.69) is 12.2 Å². The Morgan fingerprint density at radius 1 is 1.23 bits per heavy atom. The smallest absolute Gasteiger partial charge is 0.341 e. The van der Waals surface area contributed by atoms with E-state index in [0.29, 0.717) is 22.9 Å². The molecule has 0 bridgehead atoms. The van der Waals surface area contributed by atoms with Crippen molar-refractivity contribution in [2.75, 3.05) is 30.0 Å². The van der Waals surface area contributed by atoms with E-state index in [0.717, 1.165) is 23.3 Å². The molecule has 0 unspecified atom stereocenters. The van der Waals surface area contributed by atoms with Crippen LogP contribution in [0.4, 0.5) is 5.00 Å². The molecule has 26 heavy (non-hydrogen) atoms. The predicted molar refractivity (Wildman–Crippen MR) is 110 cm³/mol. The van der Waals surface area contributed by atoms with Gasteiger partial charge in [-0.25, -0.2) is 4.79 Å². The van der Waals surface area contributed by atoms with Gasteiger partial charge in [-0.1, -0.05) is 31.2 Å². The summed E-state index contributed by atoms with van der Waals surface area (Å²) in [6, 6.07) is 8.08. The van der Waals surface area contributed by atoms with Gasteiger partial charge in [-0.15, -0.1) is 11.3 Å². The average Bonchev–Trinajstić information content (AvgIpc) is 3.05. The predicted octanol–water partition coefficient (Wildman–Crippen LogP) is 3.78. The van der Waals surface area contributed by atoms with Gasteiger partial charge in [0.15, 0.2) is 0 Å². The van der Waals surface area contributed by atoms with Gasteiger partial charge >= 0.3 is 5.97 Å². The van der Waals surface area contributed by atoms with Crippen molar-refractivity contribution in [3.05, 3.63) is 40.8 Å². The standard InChI is InChI=1S/C19H24N2O3S2/c1-3-13-5-7-14(8-6-13)15-11-26-18(17(15)19(23)24-4-2)21-16(22)12-25-10-9-20/h5-8,11H,3-4,9-10,12,20H2,1-2H3,(H,21,22). The number of rotatable bonds is 9. The van der Waals surface area contributed by atoms with E-state index in [4.69, 9.17) is 10.5 Å². The minimum atomic E-state index is -0.423. The second kappa shape index (κ2) is 10.4. The molecule has 3 N–H and O–H groups in total. The topological polar surface area (TPSA) is 81.4 Å². The molecule has 5 nitrogen and oxygen atoms in total. The van der Waals surface area contributed by atoms with Crippen molar-refractivity contribution in [2.24, 2.45) is 5.73 Å². The van der Waals surface area contributed by atoms with Gasteiger partial charge in [0.05, 0.1) is 12.4 Å². The van der Waals surface area contributed by atoms with Gasteiger partial charge in [0.1, 0.15) is 10.6 Å². The summed E-state index contributed by atoms with van der Waals surface area (Å²) < 4.78 is 5.21. The number of ether oxygens (including phenoxy) is 1. The number of carbonyl (C=O) groups is 2. The van der Waals surface area contributed by atoms with E-state index < -0.39 is 5.97 Å². The number of nitrogens with two attached hydrogens (primary N) is 1. The molecule has 0 radical (unpaired) electrons. The van der Waals surface area contributed by atoms with Crippen LogP contribution in [-0.2, 0) is 16.0 Å². The van der Waals surface area contributed by atoms with Crippen molar-refractivity contribution in [3.8, 4) is 11.1 Å². The molecule has 1 amide bonds. The molecule has 7 heteroatoms. The van der Waals surface area contributed by atoms with Crippen LogP contribution in [0.5, 0.6) is 0 Å². The Hall–Kier alpha value is -1.83. The lowest BCUT2D eigenvalue weighted by Crippen LogP contribution is -2.17. The second-order valence-corrected chi connectivity index (χ2v) is 7.50. The number of aryl methyl sites for hydroxylation is 1. The highest BCUT2D eigenvalue weighted by Gasteiger charge is 2.22. The van der Waals surface area contributed by atoms with Crippen LogP contribution < -0.4 is 11.1 Å². The summed E-state index contributed by atoms with van der Waals surface area (Å²) in [6.45, 7) is 4.67. The quantitative estimate of drug-likeness (QED) is 0.501. The molecule has 0 aliphatic heterocycles. The summed E-state index contributed by atoms with van der Waals surface area (Å²) in [4.78, 5) is 24.6. The number of thioether (sulfide) groups is 1. The van der Waals surface area contributed by atoms with Crippen LogP contribution in [-0.4, -0.2) is 36.5 Å². The Morgan fingerprint density at radius 3 is 2.58 bits per heavy atom. The minimum Gasteiger partial charge on any atom is -0.462 e. The van der Waals surface area contributed by atoms with Crippen molar-refractivity contribution in [1.82, 2.24) is 0 Å². The first-order chi connectivity index (χ1) is 12.6. The van der Waals surface area contributed by atoms with Gasteiger partial charge in [0.2, 0.25) is 5.91 Å². The molecule has 0 aliphatic carbocycles. The largest absolute Gasteiger partial charge is 0.462 e. The Morgan fingerprint density at radius 2 is 1.96 bits per heavy atom. The van der Waals surface area contributed by atoms with Crippen LogP contribution in [0.1, 0.15) is 29.8 Å². The molecule has 1 aromatic heterocycles. The first-order valence-corrected chi connectivity index (χ1v) is 10.6. The van der Waals surface area contributed by atoms with Gasteiger partial charge in [-0.05, 0) is 24.5 Å². The molecule has 140 valence electrons. The van der Waals surface area contributed by atoms with Crippen molar-refractivity contribution in [1.29, 1.82) is 0 Å².